The molecule has 0 aliphatic rings. The summed E-state index contributed by atoms with van der Waals surface area (Å²) < 4.78 is 462. The van der Waals surface area contributed by atoms with E-state index >= 15 is 8.78 Å². The van der Waals surface area contributed by atoms with Crippen LogP contribution >= 0.6 is 0 Å². The Morgan fingerprint density at radius 1 is 0.259 bits per heavy atom. The molecule has 0 amide bonds. The predicted molar refractivity (Wildman–Crippen MR) is 88.5 cm³/mol. The van der Waals surface area contributed by atoms with Crippen LogP contribution in [-0.2, 0) is 14.3 Å². The number of carbonyl (C=O) groups is 1. The van der Waals surface area contributed by atoms with Crippen LogP contribution in [0.1, 0.15) is 0 Å². The molecule has 0 radical (unpaired) electrons. The standard InChI is InChI=1S/C17F34O3/c18-4(10(30,31)32,11(33,34)35)2(8(24,25)26,53-16(48,49)6(20,21)14(42,43)44)1(52)3(9(27,28)29,5(19,12(36,37)38)13(39,40)41)54-17(50,51)7(22,23)15(45,46)47. The lowest BCUT2D eigenvalue weighted by atomic mass is 9.66. The molecule has 0 aromatic carbocycles. The van der Waals surface area contributed by atoms with E-state index in [2.05, 4.69) is 0 Å². The van der Waals surface area contributed by atoms with Gasteiger partial charge in [-0.2, -0.15) is 140 Å². The van der Waals surface area contributed by atoms with E-state index < -0.39 is 102 Å². The molecule has 0 bridgehead atoms. The average Bonchev–Trinajstić information content (AvgIpc) is 2.83. The first-order valence-electron chi connectivity index (χ1n) is 10.9. The van der Waals surface area contributed by atoms with E-state index in [-0.39, 0.29) is 0 Å². The number of hydrogen-bond donors (Lipinski definition) is 0. The molecule has 0 saturated heterocycles. The van der Waals surface area contributed by atoms with E-state index in [0.29, 0.717) is 9.47 Å². The molecular formula is C17F34O3. The van der Waals surface area contributed by atoms with Gasteiger partial charge in [-0.25, -0.2) is 8.78 Å². The SMILES string of the molecule is O=C(C(OC(F)(F)C(F)(F)C(F)(F)F)(C(F)(F)F)C(F)(C(F)(F)F)C(F)(F)F)C(OC(F)(F)C(F)(F)C(F)(F)F)(C(F)(F)F)C(F)(C(F)(F)F)C(F)(F)F. The van der Waals surface area contributed by atoms with Gasteiger partial charge >= 0.3 is 84.8 Å². The van der Waals surface area contributed by atoms with Gasteiger partial charge in [-0.05, 0) is 0 Å². The van der Waals surface area contributed by atoms with Crippen LogP contribution in [0.3, 0.4) is 0 Å². The summed E-state index contributed by atoms with van der Waals surface area (Å²) >= 11 is 0. The largest absolute Gasteiger partial charge is 0.462 e. The van der Waals surface area contributed by atoms with Crippen LogP contribution in [0.2, 0.25) is 0 Å². The second-order valence-electron chi connectivity index (χ2n) is 9.38. The summed E-state index contributed by atoms with van der Waals surface area (Å²) in [5, 5.41) is 0. The highest BCUT2D eigenvalue weighted by molar-refractivity contribution is 6.00. The Hall–Kier alpha value is -2.79. The van der Waals surface area contributed by atoms with Crippen molar-refractivity contribution in [2.24, 2.45) is 0 Å². The first-order valence-corrected chi connectivity index (χ1v) is 10.9. The van der Waals surface area contributed by atoms with Crippen LogP contribution in [0.5, 0.6) is 0 Å². The minimum atomic E-state index is -10.8. The molecule has 0 aromatic rings. The minimum Gasteiger partial charge on any atom is -0.292 e. The normalized spacial score (nSPS) is 18.7. The lowest BCUT2D eigenvalue weighted by molar-refractivity contribution is -0.513. The molecule has 0 spiro atoms. The monoisotopic (exact) mass is 898 g/mol. The Labute approximate surface area is 267 Å². The molecule has 0 aromatic heterocycles. The van der Waals surface area contributed by atoms with Gasteiger partial charge in [-0.3, -0.25) is 14.3 Å². The van der Waals surface area contributed by atoms with Crippen molar-refractivity contribution in [3.8, 4) is 0 Å². The van der Waals surface area contributed by atoms with E-state index in [1.807, 2.05) is 0 Å². The molecule has 0 fully saturated rings. The summed E-state index contributed by atoms with van der Waals surface area (Å²) in [5.74, 6) is -26.8. The van der Waals surface area contributed by atoms with Crippen molar-refractivity contribution < 1.29 is 164 Å². The Morgan fingerprint density at radius 3 is 0.537 bits per heavy atom. The molecule has 3 nitrogen and oxygen atoms in total. The van der Waals surface area contributed by atoms with Gasteiger partial charge in [0, 0.05) is 0 Å². The van der Waals surface area contributed by atoms with E-state index in [9.17, 15) is 145 Å². The minimum absolute atomic E-state index is 0.522. The number of hydrogen-bond acceptors (Lipinski definition) is 3. The quantitative estimate of drug-likeness (QED) is 0.205. The van der Waals surface area contributed by atoms with E-state index in [1.165, 1.54) is 0 Å². The Morgan fingerprint density at radius 2 is 0.426 bits per heavy atom. The van der Waals surface area contributed by atoms with Crippen molar-refractivity contribution in [1.29, 1.82) is 0 Å². The van der Waals surface area contributed by atoms with Gasteiger partial charge in [-0.1, -0.05) is 0 Å². The maximum Gasteiger partial charge on any atom is 0.462 e. The van der Waals surface area contributed by atoms with Gasteiger partial charge in [0.15, 0.2) is 0 Å². The maximum absolute atomic E-state index is 15.0. The van der Waals surface area contributed by atoms with Crippen LogP contribution in [0.25, 0.3) is 0 Å². The number of Topliss-reactive ketones (excluding diaryl/α,β-unsaturated/α-hetero) is 1. The number of rotatable bonds is 10. The Kier molecular flexibility index (Phi) is 12.0. The number of halogens is 34. The zero-order chi connectivity index (χ0) is 45.0. The van der Waals surface area contributed by atoms with E-state index in [1.54, 1.807) is 0 Å². The highest BCUT2D eigenvalue weighted by Gasteiger charge is 3.02. The molecule has 324 valence electrons. The van der Waals surface area contributed by atoms with Gasteiger partial charge in [0.05, 0.1) is 0 Å². The van der Waals surface area contributed by atoms with Crippen molar-refractivity contribution in [3.05, 3.63) is 0 Å². The third-order valence-electron chi connectivity index (χ3n) is 5.98. The highest BCUT2D eigenvalue weighted by atomic mass is 19.5. The van der Waals surface area contributed by atoms with Crippen LogP contribution in [0.15, 0.2) is 0 Å². The summed E-state index contributed by atoms with van der Waals surface area (Å²) in [6.07, 6.45) is -96.8. The molecule has 0 saturated carbocycles. The number of ketones is 1. The van der Waals surface area contributed by atoms with Crippen LogP contribution in [-0.4, -0.2) is 102 Å². The molecule has 0 aliphatic carbocycles. The van der Waals surface area contributed by atoms with Crippen molar-refractivity contribution in [3.63, 3.8) is 0 Å². The third kappa shape index (κ3) is 6.85. The third-order valence-corrected chi connectivity index (χ3v) is 5.98. The first kappa shape index (κ1) is 51.2. The summed E-state index contributed by atoms with van der Waals surface area (Å²) in [7, 11) is 0. The number of ether oxygens (including phenoxy) is 2. The van der Waals surface area contributed by atoms with Gasteiger partial charge in [0.25, 0.3) is 11.2 Å². The first-order chi connectivity index (χ1) is 22.6. The summed E-state index contributed by atoms with van der Waals surface area (Å²) in [6, 6.07) is 0. The molecule has 2 unspecified atom stereocenters. The highest BCUT2D eigenvalue weighted by Crippen LogP contribution is 2.68. The average molecular weight is 898 g/mol. The fourth-order valence-electron chi connectivity index (χ4n) is 3.52. The fraction of sp³-hybridized carbons (Fsp3) is 0.941. The maximum atomic E-state index is 15.0. The van der Waals surface area contributed by atoms with Crippen molar-refractivity contribution in [1.82, 2.24) is 0 Å². The second kappa shape index (κ2) is 12.6. The molecule has 37 heteroatoms. The zero-order valence-corrected chi connectivity index (χ0v) is 22.6. The molecule has 0 rings (SSSR count). The van der Waals surface area contributed by atoms with Crippen LogP contribution in [0, 0.1) is 0 Å². The molecule has 2 atom stereocenters. The molecular weight excluding hydrogens is 898 g/mol. The molecule has 0 aliphatic heterocycles. The predicted octanol–water partition coefficient (Wildman–Crippen LogP) is 10.4. The van der Waals surface area contributed by atoms with Crippen LogP contribution < -0.4 is 0 Å². The fourth-order valence-corrected chi connectivity index (χ4v) is 3.52. The smallest absolute Gasteiger partial charge is 0.292 e. The topological polar surface area (TPSA) is 35.5 Å². The van der Waals surface area contributed by atoms with Crippen molar-refractivity contribution >= 4 is 5.78 Å². The lowest BCUT2D eigenvalue weighted by Gasteiger charge is -2.53. The van der Waals surface area contributed by atoms with E-state index in [0.717, 1.165) is 0 Å². The van der Waals surface area contributed by atoms with E-state index in [4.69, 9.17) is 0 Å². The molecule has 0 N–H and O–H groups in total. The molecule has 0 heterocycles. The number of carbonyl (C=O) groups excluding carboxylic acids is 1. The van der Waals surface area contributed by atoms with Crippen molar-refractivity contribution in [2.75, 3.05) is 0 Å². The summed E-state index contributed by atoms with van der Waals surface area (Å²) in [6.45, 7) is 0. The van der Waals surface area contributed by atoms with Gasteiger partial charge in [0.1, 0.15) is 0 Å². The Balaban J connectivity index is 10.2. The van der Waals surface area contributed by atoms with Gasteiger partial charge in [0.2, 0.25) is 5.78 Å². The zero-order valence-electron chi connectivity index (χ0n) is 22.6. The van der Waals surface area contributed by atoms with Crippen molar-refractivity contribution in [2.45, 2.75) is 96.0 Å². The second-order valence-corrected chi connectivity index (χ2v) is 9.38. The number of alkyl halides is 34. The van der Waals surface area contributed by atoms with Gasteiger partial charge < -0.3 is 0 Å². The Bertz CT molecular complexity index is 1230. The summed E-state index contributed by atoms with van der Waals surface area (Å²) in [5.41, 5.74) is -42.9. The van der Waals surface area contributed by atoms with Crippen LogP contribution in [0.4, 0.5) is 149 Å². The summed E-state index contributed by atoms with van der Waals surface area (Å²) in [4.78, 5) is 12.5. The molecule has 54 heavy (non-hydrogen) atoms. The lowest BCUT2D eigenvalue weighted by Crippen LogP contribution is -2.88. The van der Waals surface area contributed by atoms with Gasteiger partial charge in [-0.15, -0.1) is 0 Å².